The Balaban J connectivity index is 1.77. The van der Waals surface area contributed by atoms with E-state index in [1.165, 1.54) is 31.2 Å². The second-order valence-corrected chi connectivity index (χ2v) is 9.52. The summed E-state index contributed by atoms with van der Waals surface area (Å²) >= 11 is 0. The minimum atomic E-state index is -0.112. The molecule has 1 aromatic carbocycles. The first kappa shape index (κ1) is 23.3. The number of unbranched alkanes of at least 4 members (excludes halogenated alkanes) is 1. The summed E-state index contributed by atoms with van der Waals surface area (Å²) in [5.41, 5.74) is 8.26. The number of nitrogen functional groups attached to an aromatic ring is 1. The fourth-order valence-corrected chi connectivity index (χ4v) is 5.44. The van der Waals surface area contributed by atoms with Crippen LogP contribution >= 0.6 is 0 Å². The van der Waals surface area contributed by atoms with E-state index in [1.807, 2.05) is 12.1 Å². The van der Waals surface area contributed by atoms with E-state index < -0.39 is 0 Å². The van der Waals surface area contributed by atoms with Crippen LogP contribution in [0.3, 0.4) is 0 Å². The number of nitrogens with zero attached hydrogens (tertiary/aromatic N) is 1. The van der Waals surface area contributed by atoms with E-state index in [1.54, 1.807) is 12.1 Å². The number of fused-ring (bicyclic) bond motifs is 1. The van der Waals surface area contributed by atoms with E-state index in [0.717, 1.165) is 23.7 Å². The van der Waals surface area contributed by atoms with Crippen molar-refractivity contribution in [2.75, 3.05) is 0 Å². The van der Waals surface area contributed by atoms with Crippen molar-refractivity contribution >= 4 is 16.7 Å². The van der Waals surface area contributed by atoms with Gasteiger partial charge in [-0.15, -0.1) is 0 Å². The Bertz CT molecular complexity index is 1170. The Labute approximate surface area is 195 Å². The number of likely N-dealkylation sites (tertiary alicyclic amines) is 1. The van der Waals surface area contributed by atoms with E-state index in [2.05, 4.69) is 42.8 Å². The van der Waals surface area contributed by atoms with Gasteiger partial charge in [0.05, 0.1) is 0 Å². The van der Waals surface area contributed by atoms with Gasteiger partial charge in [0.25, 0.3) is 5.56 Å². The zero-order chi connectivity index (χ0) is 23.5. The van der Waals surface area contributed by atoms with Gasteiger partial charge in [-0.2, -0.15) is 0 Å². The van der Waals surface area contributed by atoms with Crippen LogP contribution in [0.5, 0.6) is 0 Å². The topological polar surface area (TPSA) is 99.1 Å². The van der Waals surface area contributed by atoms with Crippen LogP contribution in [0.25, 0.3) is 10.9 Å². The molecular weight excluding hydrogens is 412 g/mol. The van der Waals surface area contributed by atoms with Crippen molar-refractivity contribution in [2.24, 2.45) is 5.73 Å². The molecule has 0 amide bonds. The van der Waals surface area contributed by atoms with Crippen LogP contribution in [0.4, 0.5) is 0 Å². The molecule has 0 spiro atoms. The zero-order valence-electron chi connectivity index (χ0n) is 20.0. The van der Waals surface area contributed by atoms with Gasteiger partial charge >= 0.3 is 0 Å². The lowest BCUT2D eigenvalue weighted by Crippen LogP contribution is -2.46. The summed E-state index contributed by atoms with van der Waals surface area (Å²) in [7, 11) is 0. The Morgan fingerprint density at radius 1 is 1.24 bits per heavy atom. The van der Waals surface area contributed by atoms with Crippen molar-refractivity contribution in [3.63, 3.8) is 0 Å². The summed E-state index contributed by atoms with van der Waals surface area (Å²) in [4.78, 5) is 18.7. The highest BCUT2D eigenvalue weighted by molar-refractivity contribution is 5.92. The molecule has 1 fully saturated rings. The molecule has 6 nitrogen and oxygen atoms in total. The van der Waals surface area contributed by atoms with Gasteiger partial charge in [0.15, 0.2) is 11.6 Å². The van der Waals surface area contributed by atoms with Gasteiger partial charge in [0, 0.05) is 41.0 Å². The maximum atomic E-state index is 12.9. The number of nitrogens with one attached hydrogen (secondary N) is 2. The number of H-pyrrole nitrogens is 1. The highest BCUT2D eigenvalue weighted by atomic mass is 16.3. The summed E-state index contributed by atoms with van der Waals surface area (Å²) in [5.74, 6) is 0.846. The van der Waals surface area contributed by atoms with Gasteiger partial charge in [0.1, 0.15) is 5.76 Å². The van der Waals surface area contributed by atoms with Crippen molar-refractivity contribution in [2.45, 2.75) is 83.8 Å². The Hall–Kier alpha value is -2.86. The van der Waals surface area contributed by atoms with Crippen LogP contribution < -0.4 is 11.3 Å². The quantitative estimate of drug-likeness (QED) is 0.313. The fraction of sp³-hybridized carbons (Fsp3) is 0.481. The number of amidine groups is 1. The molecule has 2 aromatic heterocycles. The second-order valence-electron chi connectivity index (χ2n) is 9.52. The largest absolute Gasteiger partial charge is 0.458 e. The molecule has 0 radical (unpaired) electrons. The maximum Gasteiger partial charge on any atom is 0.252 e. The van der Waals surface area contributed by atoms with Crippen LogP contribution in [0.2, 0.25) is 0 Å². The average molecular weight is 449 g/mol. The van der Waals surface area contributed by atoms with Gasteiger partial charge in [-0.25, -0.2) is 0 Å². The lowest BCUT2D eigenvalue weighted by Gasteiger charge is -2.45. The number of aromatic amines is 1. The molecule has 0 bridgehead atoms. The molecule has 4 N–H and O–H groups in total. The molecule has 33 heavy (non-hydrogen) atoms. The Kier molecular flexibility index (Phi) is 7.03. The second kappa shape index (κ2) is 9.96. The molecule has 3 unspecified atom stereocenters. The third kappa shape index (κ3) is 4.91. The molecular formula is C27H36N4O2. The number of pyridine rings is 1. The highest BCUT2D eigenvalue weighted by Crippen LogP contribution is 2.38. The first-order valence-electron chi connectivity index (χ1n) is 12.2. The van der Waals surface area contributed by atoms with Crippen LogP contribution in [0.1, 0.15) is 88.0 Å². The number of aromatic nitrogens is 1. The number of piperidine rings is 1. The highest BCUT2D eigenvalue weighted by Gasteiger charge is 2.32. The van der Waals surface area contributed by atoms with E-state index in [4.69, 9.17) is 15.6 Å². The molecule has 0 saturated carbocycles. The smallest absolute Gasteiger partial charge is 0.252 e. The summed E-state index contributed by atoms with van der Waals surface area (Å²) in [6.07, 6.45) is 7.57. The van der Waals surface area contributed by atoms with Crippen LogP contribution in [0.15, 0.2) is 45.6 Å². The molecule has 3 aromatic rings. The van der Waals surface area contributed by atoms with Gasteiger partial charge in [-0.05, 0) is 62.9 Å². The van der Waals surface area contributed by atoms with E-state index in [-0.39, 0.29) is 11.4 Å². The predicted octanol–water partition coefficient (Wildman–Crippen LogP) is 5.49. The van der Waals surface area contributed by atoms with Crippen molar-refractivity contribution in [1.29, 1.82) is 5.41 Å². The fourth-order valence-electron chi connectivity index (χ4n) is 5.44. The minimum absolute atomic E-state index is 0.106. The average Bonchev–Trinajstić information content (AvgIpc) is 3.25. The lowest BCUT2D eigenvalue weighted by atomic mass is 9.88. The third-order valence-electron chi connectivity index (χ3n) is 7.10. The molecule has 176 valence electrons. The first-order valence-corrected chi connectivity index (χ1v) is 12.2. The third-order valence-corrected chi connectivity index (χ3v) is 7.10. The number of furan rings is 1. The molecule has 0 aliphatic carbocycles. The minimum Gasteiger partial charge on any atom is -0.458 e. The van der Waals surface area contributed by atoms with E-state index in [0.29, 0.717) is 41.6 Å². The summed E-state index contributed by atoms with van der Waals surface area (Å²) in [6, 6.07) is 13.2. The van der Waals surface area contributed by atoms with Crippen molar-refractivity contribution < 1.29 is 4.42 Å². The monoisotopic (exact) mass is 448 g/mol. The normalized spacial score (nSPS) is 20.2. The van der Waals surface area contributed by atoms with Gasteiger partial charge < -0.3 is 15.1 Å². The predicted molar refractivity (Wildman–Crippen MR) is 134 cm³/mol. The van der Waals surface area contributed by atoms with Crippen molar-refractivity contribution in [3.8, 4) is 0 Å². The Morgan fingerprint density at radius 2 is 2.00 bits per heavy atom. The van der Waals surface area contributed by atoms with Crippen LogP contribution in [0, 0.1) is 5.41 Å². The molecule has 6 heteroatoms. The van der Waals surface area contributed by atoms with Gasteiger partial charge in [0.2, 0.25) is 0 Å². The lowest BCUT2D eigenvalue weighted by molar-refractivity contribution is 0.0496. The van der Waals surface area contributed by atoms with Gasteiger partial charge in [-0.1, -0.05) is 38.3 Å². The SMILES string of the molecule is CCCCC(c1cccc2[nH]c(=O)c(Cc3ccc(C(=N)N)o3)cc12)N1C(C)CCCC1C. The number of benzene rings is 1. The standard InChI is InChI=1S/C27H36N4O2/c1-4-5-12-24(31-17(2)8-6-9-18(31)3)21-10-7-11-23-22(21)16-19(27(32)30-23)15-20-13-14-25(33-20)26(28)29/h7,10-11,13-14,16-18,24H,4-6,8-9,12,15H2,1-3H3,(H3,28,29)(H,30,32). The number of rotatable bonds is 8. The molecule has 1 saturated heterocycles. The molecule has 3 atom stereocenters. The van der Waals surface area contributed by atoms with Gasteiger partial charge in [-0.3, -0.25) is 15.1 Å². The van der Waals surface area contributed by atoms with E-state index in [9.17, 15) is 4.79 Å². The number of hydrogen-bond acceptors (Lipinski definition) is 4. The molecule has 1 aliphatic rings. The van der Waals surface area contributed by atoms with Crippen LogP contribution in [-0.4, -0.2) is 27.8 Å². The number of hydrogen-bond donors (Lipinski definition) is 3. The maximum absolute atomic E-state index is 12.9. The van der Waals surface area contributed by atoms with Crippen molar-refractivity contribution in [3.05, 3.63) is 69.4 Å². The summed E-state index contributed by atoms with van der Waals surface area (Å²) < 4.78 is 5.66. The van der Waals surface area contributed by atoms with E-state index >= 15 is 0 Å². The summed E-state index contributed by atoms with van der Waals surface area (Å²) in [6.45, 7) is 6.96. The van der Waals surface area contributed by atoms with Crippen molar-refractivity contribution in [1.82, 2.24) is 9.88 Å². The summed E-state index contributed by atoms with van der Waals surface area (Å²) in [5, 5.41) is 8.66. The molecule has 1 aliphatic heterocycles. The Morgan fingerprint density at radius 3 is 2.67 bits per heavy atom. The number of nitrogens with two attached hydrogens (primary N) is 1. The molecule has 4 rings (SSSR count). The zero-order valence-corrected chi connectivity index (χ0v) is 20.0. The van der Waals surface area contributed by atoms with Crippen LogP contribution in [-0.2, 0) is 6.42 Å². The molecule has 3 heterocycles. The first-order chi connectivity index (χ1) is 15.9.